The Hall–Kier alpha value is -1.78. The van der Waals surface area contributed by atoms with Crippen molar-refractivity contribution in [1.29, 1.82) is 0 Å². The Kier molecular flexibility index (Phi) is 5.42. The Morgan fingerprint density at radius 3 is 2.71 bits per heavy atom. The number of likely N-dealkylation sites (N-methyl/N-ethyl adjacent to an activating group) is 1. The van der Waals surface area contributed by atoms with Gasteiger partial charge in [-0.15, -0.1) is 0 Å². The number of rotatable bonds is 6. The lowest BCUT2D eigenvalue weighted by atomic mass is 9.97. The van der Waals surface area contributed by atoms with Gasteiger partial charge < -0.3 is 5.73 Å². The molecule has 0 saturated carbocycles. The fourth-order valence-electron chi connectivity index (χ4n) is 2.62. The van der Waals surface area contributed by atoms with Crippen LogP contribution in [0.15, 0.2) is 48.8 Å². The first-order valence-corrected chi connectivity index (χ1v) is 7.22. The SMILES string of the molecule is CCC(N)C(c1cccnc1)N(C)Cc1cccc(F)c1. The van der Waals surface area contributed by atoms with Gasteiger partial charge in [0, 0.05) is 25.0 Å². The lowest BCUT2D eigenvalue weighted by molar-refractivity contribution is 0.201. The molecule has 2 unspecified atom stereocenters. The van der Waals surface area contributed by atoms with Crippen molar-refractivity contribution in [3.8, 4) is 0 Å². The third-order valence-corrected chi connectivity index (χ3v) is 3.70. The Morgan fingerprint density at radius 2 is 2.10 bits per heavy atom. The van der Waals surface area contributed by atoms with Gasteiger partial charge in [0.05, 0.1) is 6.04 Å². The van der Waals surface area contributed by atoms with Crippen molar-refractivity contribution >= 4 is 0 Å². The predicted molar refractivity (Wildman–Crippen MR) is 83.1 cm³/mol. The molecular formula is C17H22FN3. The quantitative estimate of drug-likeness (QED) is 0.887. The van der Waals surface area contributed by atoms with Gasteiger partial charge in [0.1, 0.15) is 5.82 Å². The van der Waals surface area contributed by atoms with Crippen LogP contribution in [0.1, 0.15) is 30.5 Å². The average Bonchev–Trinajstić information content (AvgIpc) is 2.48. The molecule has 0 amide bonds. The molecular weight excluding hydrogens is 265 g/mol. The molecule has 1 aromatic heterocycles. The summed E-state index contributed by atoms with van der Waals surface area (Å²) in [6.07, 6.45) is 4.47. The van der Waals surface area contributed by atoms with Crippen LogP contribution in [-0.2, 0) is 6.54 Å². The first-order valence-electron chi connectivity index (χ1n) is 7.22. The van der Waals surface area contributed by atoms with E-state index in [0.717, 1.165) is 17.5 Å². The fraction of sp³-hybridized carbons (Fsp3) is 0.353. The van der Waals surface area contributed by atoms with E-state index in [-0.39, 0.29) is 17.9 Å². The molecule has 2 N–H and O–H groups in total. The van der Waals surface area contributed by atoms with E-state index in [9.17, 15) is 4.39 Å². The van der Waals surface area contributed by atoms with Crippen LogP contribution in [-0.4, -0.2) is 23.0 Å². The molecule has 0 aliphatic heterocycles. The van der Waals surface area contributed by atoms with Crippen LogP contribution in [0.25, 0.3) is 0 Å². The Morgan fingerprint density at radius 1 is 1.29 bits per heavy atom. The number of halogens is 1. The first-order chi connectivity index (χ1) is 10.1. The first kappa shape index (κ1) is 15.6. The normalized spacial score (nSPS) is 14.1. The summed E-state index contributed by atoms with van der Waals surface area (Å²) < 4.78 is 13.3. The molecule has 0 aliphatic rings. The van der Waals surface area contributed by atoms with E-state index in [2.05, 4.69) is 16.8 Å². The number of hydrogen-bond donors (Lipinski definition) is 1. The lowest BCUT2D eigenvalue weighted by Crippen LogP contribution is -2.38. The van der Waals surface area contributed by atoms with Crippen LogP contribution in [0.4, 0.5) is 4.39 Å². The summed E-state index contributed by atoms with van der Waals surface area (Å²) in [6, 6.07) is 10.7. The van der Waals surface area contributed by atoms with E-state index in [0.29, 0.717) is 6.54 Å². The van der Waals surface area contributed by atoms with E-state index < -0.39 is 0 Å². The van der Waals surface area contributed by atoms with Crippen molar-refractivity contribution in [3.63, 3.8) is 0 Å². The van der Waals surface area contributed by atoms with Gasteiger partial charge in [-0.25, -0.2) is 4.39 Å². The molecule has 0 radical (unpaired) electrons. The van der Waals surface area contributed by atoms with Crippen molar-refractivity contribution in [2.75, 3.05) is 7.05 Å². The molecule has 0 fully saturated rings. The van der Waals surface area contributed by atoms with Crippen LogP contribution in [0.3, 0.4) is 0 Å². The van der Waals surface area contributed by atoms with Crippen LogP contribution >= 0.6 is 0 Å². The number of benzene rings is 1. The predicted octanol–water partition coefficient (Wildman–Crippen LogP) is 3.13. The van der Waals surface area contributed by atoms with Gasteiger partial charge in [-0.1, -0.05) is 25.1 Å². The molecule has 112 valence electrons. The Bertz CT molecular complexity index is 559. The molecule has 0 saturated heterocycles. The second-order valence-electron chi connectivity index (χ2n) is 5.35. The topological polar surface area (TPSA) is 42.1 Å². The number of aromatic nitrogens is 1. The van der Waals surface area contributed by atoms with Crippen molar-refractivity contribution in [1.82, 2.24) is 9.88 Å². The monoisotopic (exact) mass is 287 g/mol. The minimum Gasteiger partial charge on any atom is -0.326 e. The molecule has 0 aliphatic carbocycles. The second-order valence-corrected chi connectivity index (χ2v) is 5.35. The van der Waals surface area contributed by atoms with Gasteiger partial charge in [0.2, 0.25) is 0 Å². The third kappa shape index (κ3) is 4.09. The summed E-state index contributed by atoms with van der Waals surface area (Å²) in [5, 5.41) is 0. The maximum atomic E-state index is 13.3. The van der Waals surface area contributed by atoms with Crippen molar-refractivity contribution in [3.05, 3.63) is 65.7 Å². The summed E-state index contributed by atoms with van der Waals surface area (Å²) >= 11 is 0. The standard InChI is InChI=1S/C17H22FN3/c1-3-16(19)17(14-7-5-9-20-11-14)21(2)12-13-6-4-8-15(18)10-13/h4-11,16-17H,3,12,19H2,1-2H3. The van der Waals surface area contributed by atoms with E-state index in [1.54, 1.807) is 18.3 Å². The zero-order valence-electron chi connectivity index (χ0n) is 12.5. The van der Waals surface area contributed by atoms with Crippen LogP contribution in [0.5, 0.6) is 0 Å². The second kappa shape index (κ2) is 7.29. The maximum absolute atomic E-state index is 13.3. The van der Waals surface area contributed by atoms with Crippen LogP contribution < -0.4 is 5.73 Å². The highest BCUT2D eigenvalue weighted by atomic mass is 19.1. The highest BCUT2D eigenvalue weighted by molar-refractivity contribution is 5.19. The molecule has 1 heterocycles. The maximum Gasteiger partial charge on any atom is 0.123 e. The number of pyridine rings is 1. The van der Waals surface area contributed by atoms with Crippen molar-refractivity contribution < 1.29 is 4.39 Å². The number of nitrogens with zero attached hydrogens (tertiary/aromatic N) is 2. The minimum absolute atomic E-state index is 0.00718. The van der Waals surface area contributed by atoms with Gasteiger partial charge in [-0.2, -0.15) is 0 Å². The van der Waals surface area contributed by atoms with E-state index >= 15 is 0 Å². The van der Waals surface area contributed by atoms with Crippen LogP contribution in [0, 0.1) is 5.82 Å². The van der Waals surface area contributed by atoms with Gasteiger partial charge in [-0.05, 0) is 42.8 Å². The molecule has 0 bridgehead atoms. The smallest absolute Gasteiger partial charge is 0.123 e. The molecule has 21 heavy (non-hydrogen) atoms. The number of hydrogen-bond acceptors (Lipinski definition) is 3. The lowest BCUT2D eigenvalue weighted by Gasteiger charge is -2.32. The summed E-state index contributed by atoms with van der Waals surface area (Å²) in [6.45, 7) is 2.72. The summed E-state index contributed by atoms with van der Waals surface area (Å²) in [5.41, 5.74) is 8.32. The largest absolute Gasteiger partial charge is 0.326 e. The molecule has 2 atom stereocenters. The average molecular weight is 287 g/mol. The van der Waals surface area contributed by atoms with Gasteiger partial charge >= 0.3 is 0 Å². The van der Waals surface area contributed by atoms with Gasteiger partial charge in [0.15, 0.2) is 0 Å². The summed E-state index contributed by atoms with van der Waals surface area (Å²) in [4.78, 5) is 6.34. The Labute approximate surface area is 125 Å². The van der Waals surface area contributed by atoms with Gasteiger partial charge in [-0.3, -0.25) is 9.88 Å². The number of nitrogens with two attached hydrogens (primary N) is 1. The van der Waals surface area contributed by atoms with Gasteiger partial charge in [0.25, 0.3) is 0 Å². The summed E-state index contributed by atoms with van der Waals surface area (Å²) in [7, 11) is 2.01. The van der Waals surface area contributed by atoms with Crippen molar-refractivity contribution in [2.24, 2.45) is 5.73 Å². The minimum atomic E-state index is -0.210. The fourth-order valence-corrected chi connectivity index (χ4v) is 2.62. The Balaban J connectivity index is 2.20. The molecule has 2 rings (SSSR count). The van der Waals surface area contributed by atoms with E-state index in [4.69, 9.17) is 5.73 Å². The molecule has 3 nitrogen and oxygen atoms in total. The summed E-state index contributed by atoms with van der Waals surface area (Å²) in [5.74, 6) is -0.210. The zero-order valence-corrected chi connectivity index (χ0v) is 12.5. The molecule has 1 aromatic carbocycles. The molecule has 2 aromatic rings. The zero-order chi connectivity index (χ0) is 15.2. The molecule has 0 spiro atoms. The molecule has 4 heteroatoms. The van der Waals surface area contributed by atoms with Crippen LogP contribution in [0.2, 0.25) is 0 Å². The third-order valence-electron chi connectivity index (χ3n) is 3.70. The highest BCUT2D eigenvalue weighted by Gasteiger charge is 2.23. The van der Waals surface area contributed by atoms with E-state index in [1.165, 1.54) is 6.07 Å². The van der Waals surface area contributed by atoms with E-state index in [1.807, 2.05) is 31.4 Å². The highest BCUT2D eigenvalue weighted by Crippen LogP contribution is 2.24. The van der Waals surface area contributed by atoms with Crippen molar-refractivity contribution in [2.45, 2.75) is 32.0 Å².